The van der Waals surface area contributed by atoms with Crippen molar-refractivity contribution >= 4 is 15.9 Å². The SMILES string of the molecule is Cc1cc(S(=O)(=O)NC2CCCCC2)ccc1OCC(=O)NCC1CCCO1. The summed E-state index contributed by atoms with van der Waals surface area (Å²) < 4.78 is 39.1. The highest BCUT2D eigenvalue weighted by atomic mass is 32.2. The summed E-state index contributed by atoms with van der Waals surface area (Å²) in [6.07, 6.45) is 7.16. The van der Waals surface area contributed by atoms with Crippen molar-refractivity contribution in [1.82, 2.24) is 10.0 Å². The topological polar surface area (TPSA) is 93.7 Å². The minimum absolute atomic E-state index is 0.0162. The van der Waals surface area contributed by atoms with Crippen molar-refractivity contribution in [2.24, 2.45) is 0 Å². The zero-order chi connectivity index (χ0) is 20.0. The molecule has 0 spiro atoms. The summed E-state index contributed by atoms with van der Waals surface area (Å²) in [5.74, 6) is 0.287. The maximum absolute atomic E-state index is 12.6. The molecule has 0 bridgehead atoms. The van der Waals surface area contributed by atoms with E-state index in [4.69, 9.17) is 9.47 Å². The molecule has 1 saturated carbocycles. The van der Waals surface area contributed by atoms with Crippen LogP contribution in [-0.4, -0.2) is 46.2 Å². The van der Waals surface area contributed by atoms with Gasteiger partial charge < -0.3 is 14.8 Å². The molecule has 28 heavy (non-hydrogen) atoms. The summed E-state index contributed by atoms with van der Waals surface area (Å²) in [5.41, 5.74) is 0.679. The number of aryl methyl sites for hydroxylation is 1. The molecule has 2 aliphatic rings. The van der Waals surface area contributed by atoms with Crippen LogP contribution in [0.1, 0.15) is 50.5 Å². The number of nitrogens with one attached hydrogen (secondary N) is 2. The molecular weight excluding hydrogens is 380 g/mol. The van der Waals surface area contributed by atoms with Gasteiger partial charge in [-0.05, 0) is 56.4 Å². The van der Waals surface area contributed by atoms with E-state index >= 15 is 0 Å². The molecule has 8 heteroatoms. The van der Waals surface area contributed by atoms with Crippen molar-refractivity contribution in [2.75, 3.05) is 19.8 Å². The molecule has 1 unspecified atom stereocenters. The van der Waals surface area contributed by atoms with Crippen molar-refractivity contribution in [1.29, 1.82) is 0 Å². The van der Waals surface area contributed by atoms with E-state index in [9.17, 15) is 13.2 Å². The van der Waals surface area contributed by atoms with Gasteiger partial charge in [0.1, 0.15) is 5.75 Å². The van der Waals surface area contributed by atoms with Gasteiger partial charge in [-0.1, -0.05) is 19.3 Å². The smallest absolute Gasteiger partial charge is 0.258 e. The zero-order valence-corrected chi connectivity index (χ0v) is 17.2. The van der Waals surface area contributed by atoms with Crippen LogP contribution < -0.4 is 14.8 Å². The highest BCUT2D eigenvalue weighted by Crippen LogP contribution is 2.24. The summed E-state index contributed by atoms with van der Waals surface area (Å²) >= 11 is 0. The number of benzene rings is 1. The highest BCUT2D eigenvalue weighted by Gasteiger charge is 2.22. The van der Waals surface area contributed by atoms with Crippen LogP contribution in [0.5, 0.6) is 5.75 Å². The predicted molar refractivity (Wildman–Crippen MR) is 106 cm³/mol. The van der Waals surface area contributed by atoms with Gasteiger partial charge in [-0.25, -0.2) is 13.1 Å². The molecule has 1 aliphatic heterocycles. The van der Waals surface area contributed by atoms with Gasteiger partial charge in [-0.3, -0.25) is 4.79 Å². The van der Waals surface area contributed by atoms with Crippen LogP contribution in [0.3, 0.4) is 0 Å². The Morgan fingerprint density at radius 3 is 2.64 bits per heavy atom. The van der Waals surface area contributed by atoms with Gasteiger partial charge in [-0.15, -0.1) is 0 Å². The Labute approximate surface area is 167 Å². The molecule has 0 aromatic heterocycles. The summed E-state index contributed by atoms with van der Waals surface area (Å²) in [6.45, 7) is 2.91. The highest BCUT2D eigenvalue weighted by molar-refractivity contribution is 7.89. The molecule has 1 heterocycles. The number of carbonyl (C=O) groups excluding carboxylic acids is 1. The Morgan fingerprint density at radius 1 is 1.18 bits per heavy atom. The first-order chi connectivity index (χ1) is 13.4. The van der Waals surface area contributed by atoms with Crippen molar-refractivity contribution < 1.29 is 22.7 Å². The van der Waals surface area contributed by atoms with Gasteiger partial charge in [0.25, 0.3) is 5.91 Å². The first-order valence-electron chi connectivity index (χ1n) is 10.1. The molecule has 156 valence electrons. The largest absolute Gasteiger partial charge is 0.484 e. The van der Waals surface area contributed by atoms with Crippen LogP contribution in [-0.2, 0) is 19.6 Å². The summed E-state index contributed by atoms with van der Waals surface area (Å²) in [4.78, 5) is 12.2. The molecule has 0 radical (unpaired) electrons. The van der Waals surface area contributed by atoms with Gasteiger partial charge in [0.2, 0.25) is 10.0 Å². The molecule has 1 atom stereocenters. The number of hydrogen-bond donors (Lipinski definition) is 2. The maximum atomic E-state index is 12.6. The van der Waals surface area contributed by atoms with E-state index in [-0.39, 0.29) is 29.6 Å². The molecule has 3 rings (SSSR count). The number of ether oxygens (including phenoxy) is 2. The molecule has 2 N–H and O–H groups in total. The number of sulfonamides is 1. The van der Waals surface area contributed by atoms with Crippen molar-refractivity contribution in [2.45, 2.75) is 68.9 Å². The standard InChI is InChI=1S/C20H30N2O5S/c1-15-12-18(28(24,25)22-16-6-3-2-4-7-16)9-10-19(15)27-14-20(23)21-13-17-8-5-11-26-17/h9-10,12,16-17,22H,2-8,11,13-14H2,1H3,(H,21,23). The second kappa shape index (κ2) is 9.71. The Bertz CT molecular complexity index is 769. The quantitative estimate of drug-likeness (QED) is 0.686. The fourth-order valence-electron chi connectivity index (χ4n) is 3.69. The minimum Gasteiger partial charge on any atom is -0.484 e. The van der Waals surface area contributed by atoms with Crippen molar-refractivity contribution in [3.8, 4) is 5.75 Å². The van der Waals surface area contributed by atoms with E-state index in [1.807, 2.05) is 0 Å². The van der Waals surface area contributed by atoms with Crippen LogP contribution in [0.25, 0.3) is 0 Å². The van der Waals surface area contributed by atoms with E-state index in [1.165, 1.54) is 12.5 Å². The second-order valence-corrected chi connectivity index (χ2v) is 9.33. The average Bonchev–Trinajstić information content (AvgIpc) is 3.19. The van der Waals surface area contributed by atoms with Crippen LogP contribution in [0.2, 0.25) is 0 Å². The lowest BCUT2D eigenvalue weighted by Gasteiger charge is -2.22. The fourth-order valence-corrected chi connectivity index (χ4v) is 5.08. The van der Waals surface area contributed by atoms with Gasteiger partial charge in [-0.2, -0.15) is 0 Å². The van der Waals surface area contributed by atoms with Crippen LogP contribution in [0.15, 0.2) is 23.1 Å². The number of hydrogen-bond acceptors (Lipinski definition) is 5. The van der Waals surface area contributed by atoms with Gasteiger partial charge in [0, 0.05) is 19.2 Å². The minimum atomic E-state index is -3.55. The normalized spacial score (nSPS) is 20.8. The van der Waals surface area contributed by atoms with E-state index in [1.54, 1.807) is 19.1 Å². The monoisotopic (exact) mass is 410 g/mol. The third-order valence-corrected chi connectivity index (χ3v) is 6.81. The van der Waals surface area contributed by atoms with Gasteiger partial charge >= 0.3 is 0 Å². The lowest BCUT2D eigenvalue weighted by Crippen LogP contribution is -2.36. The Balaban J connectivity index is 1.52. The van der Waals surface area contributed by atoms with Crippen LogP contribution >= 0.6 is 0 Å². The zero-order valence-electron chi connectivity index (χ0n) is 16.4. The van der Waals surface area contributed by atoms with E-state index in [0.29, 0.717) is 17.9 Å². The van der Waals surface area contributed by atoms with Crippen molar-refractivity contribution in [3.63, 3.8) is 0 Å². The molecule has 1 aromatic carbocycles. The Kier molecular flexibility index (Phi) is 7.31. The lowest BCUT2D eigenvalue weighted by molar-refractivity contribution is -0.123. The molecule has 2 fully saturated rings. The third kappa shape index (κ3) is 5.93. The summed E-state index contributed by atoms with van der Waals surface area (Å²) in [6, 6.07) is 4.74. The first kappa shape index (κ1) is 21.1. The van der Waals surface area contributed by atoms with E-state index < -0.39 is 10.0 Å². The fraction of sp³-hybridized carbons (Fsp3) is 0.650. The van der Waals surface area contributed by atoms with Gasteiger partial charge in [0.15, 0.2) is 6.61 Å². The Morgan fingerprint density at radius 2 is 1.96 bits per heavy atom. The molecule has 1 saturated heterocycles. The van der Waals surface area contributed by atoms with Crippen LogP contribution in [0, 0.1) is 6.92 Å². The molecule has 1 aromatic rings. The van der Waals surface area contributed by atoms with Crippen LogP contribution in [0.4, 0.5) is 0 Å². The predicted octanol–water partition coefficient (Wildman–Crippen LogP) is 2.28. The summed E-state index contributed by atoms with van der Waals surface area (Å²) in [7, 11) is -3.55. The average molecular weight is 411 g/mol. The first-order valence-corrected chi connectivity index (χ1v) is 11.6. The van der Waals surface area contributed by atoms with Gasteiger partial charge in [0.05, 0.1) is 11.0 Å². The second-order valence-electron chi connectivity index (χ2n) is 7.61. The molecule has 1 amide bonds. The molecular formula is C20H30N2O5S. The number of carbonyl (C=O) groups is 1. The lowest BCUT2D eigenvalue weighted by atomic mass is 9.96. The Hall–Kier alpha value is -1.64. The number of rotatable bonds is 8. The third-order valence-electron chi connectivity index (χ3n) is 5.29. The van der Waals surface area contributed by atoms with E-state index in [2.05, 4.69) is 10.0 Å². The molecule has 7 nitrogen and oxygen atoms in total. The maximum Gasteiger partial charge on any atom is 0.258 e. The van der Waals surface area contributed by atoms with Crippen molar-refractivity contribution in [3.05, 3.63) is 23.8 Å². The summed E-state index contributed by atoms with van der Waals surface area (Å²) in [5, 5.41) is 2.80. The molecule has 1 aliphatic carbocycles. The van der Waals surface area contributed by atoms with E-state index in [0.717, 1.165) is 45.1 Å². The number of amides is 1.